The van der Waals surface area contributed by atoms with E-state index >= 15 is 0 Å². The molecular formula is C19H30ClN3O. The standard InChI is InChI=1S/C19H30ClN3O/c20-17-9-7-8-16(14-17)18(23-12-5-6-13-23)15-22-19(24)10-3-1-2-4-11-21/h7-9,14,18H,1-6,10-13,15,21H2,(H,22,24). The van der Waals surface area contributed by atoms with Crippen molar-refractivity contribution in [1.82, 2.24) is 10.2 Å². The van der Waals surface area contributed by atoms with Gasteiger partial charge in [0.2, 0.25) is 5.91 Å². The van der Waals surface area contributed by atoms with E-state index in [1.165, 1.54) is 18.4 Å². The number of nitrogens with zero attached hydrogens (tertiary/aromatic N) is 1. The molecule has 4 nitrogen and oxygen atoms in total. The zero-order valence-corrected chi connectivity index (χ0v) is 15.2. The molecule has 134 valence electrons. The third kappa shape index (κ3) is 6.42. The van der Waals surface area contributed by atoms with E-state index in [1.807, 2.05) is 18.2 Å². The van der Waals surface area contributed by atoms with E-state index < -0.39 is 0 Å². The zero-order valence-electron chi connectivity index (χ0n) is 14.5. The highest BCUT2D eigenvalue weighted by atomic mass is 35.5. The first-order valence-electron chi connectivity index (χ1n) is 9.17. The summed E-state index contributed by atoms with van der Waals surface area (Å²) < 4.78 is 0. The maximum absolute atomic E-state index is 12.1. The average Bonchev–Trinajstić information content (AvgIpc) is 3.09. The highest BCUT2D eigenvalue weighted by Gasteiger charge is 2.24. The first-order valence-corrected chi connectivity index (χ1v) is 9.55. The minimum atomic E-state index is 0.147. The van der Waals surface area contributed by atoms with Gasteiger partial charge in [-0.25, -0.2) is 0 Å². The molecule has 2 rings (SSSR count). The number of likely N-dealkylation sites (tertiary alicyclic amines) is 1. The molecular weight excluding hydrogens is 322 g/mol. The van der Waals surface area contributed by atoms with Crippen LogP contribution in [0.2, 0.25) is 5.02 Å². The Balaban J connectivity index is 1.83. The maximum Gasteiger partial charge on any atom is 0.220 e. The summed E-state index contributed by atoms with van der Waals surface area (Å²) in [5.74, 6) is 0.147. The molecule has 1 heterocycles. The van der Waals surface area contributed by atoms with Crippen LogP contribution in [0.1, 0.15) is 56.6 Å². The van der Waals surface area contributed by atoms with E-state index in [1.54, 1.807) is 0 Å². The summed E-state index contributed by atoms with van der Waals surface area (Å²) in [5.41, 5.74) is 6.67. The van der Waals surface area contributed by atoms with Gasteiger partial charge < -0.3 is 11.1 Å². The van der Waals surface area contributed by atoms with Gasteiger partial charge in [0, 0.05) is 18.0 Å². The van der Waals surface area contributed by atoms with Crippen LogP contribution in [0.3, 0.4) is 0 Å². The molecule has 0 aromatic heterocycles. The average molecular weight is 352 g/mol. The number of hydrogen-bond donors (Lipinski definition) is 2. The molecule has 1 aromatic carbocycles. The van der Waals surface area contributed by atoms with E-state index in [9.17, 15) is 4.79 Å². The monoisotopic (exact) mass is 351 g/mol. The summed E-state index contributed by atoms with van der Waals surface area (Å²) in [6.07, 6.45) is 7.24. The fraction of sp³-hybridized carbons (Fsp3) is 0.632. The molecule has 5 heteroatoms. The SMILES string of the molecule is NCCCCCCC(=O)NCC(c1cccc(Cl)c1)N1CCCC1. The molecule has 0 aliphatic carbocycles. The number of unbranched alkanes of at least 4 members (excludes halogenated alkanes) is 3. The van der Waals surface area contributed by atoms with Crippen molar-refractivity contribution >= 4 is 17.5 Å². The van der Waals surface area contributed by atoms with Crippen molar-refractivity contribution in [2.75, 3.05) is 26.2 Å². The number of amides is 1. The third-order valence-corrected chi connectivity index (χ3v) is 4.90. The van der Waals surface area contributed by atoms with Crippen LogP contribution in [0.5, 0.6) is 0 Å². The number of rotatable bonds is 10. The van der Waals surface area contributed by atoms with Crippen LogP contribution in [0.25, 0.3) is 0 Å². The molecule has 3 N–H and O–H groups in total. The Bertz CT molecular complexity index is 503. The van der Waals surface area contributed by atoms with Gasteiger partial charge in [-0.2, -0.15) is 0 Å². The Labute approximate surface area is 150 Å². The molecule has 1 fully saturated rings. The number of nitrogens with two attached hydrogens (primary N) is 1. The molecule has 0 spiro atoms. The minimum absolute atomic E-state index is 0.147. The van der Waals surface area contributed by atoms with Gasteiger partial charge in [0.05, 0.1) is 6.04 Å². The fourth-order valence-electron chi connectivity index (χ4n) is 3.31. The van der Waals surface area contributed by atoms with Crippen LogP contribution in [-0.2, 0) is 4.79 Å². The highest BCUT2D eigenvalue weighted by molar-refractivity contribution is 6.30. The Hall–Kier alpha value is -1.10. The second-order valence-corrected chi connectivity index (χ2v) is 7.01. The van der Waals surface area contributed by atoms with E-state index in [4.69, 9.17) is 17.3 Å². The summed E-state index contributed by atoms with van der Waals surface area (Å²) in [6, 6.07) is 8.22. The molecule has 1 unspecified atom stereocenters. The molecule has 1 atom stereocenters. The van der Waals surface area contributed by atoms with Gasteiger partial charge in [0.25, 0.3) is 0 Å². The molecule has 0 saturated carbocycles. The molecule has 24 heavy (non-hydrogen) atoms. The van der Waals surface area contributed by atoms with E-state index in [-0.39, 0.29) is 11.9 Å². The molecule has 1 aliphatic rings. The van der Waals surface area contributed by atoms with Crippen LogP contribution in [0.15, 0.2) is 24.3 Å². The summed E-state index contributed by atoms with van der Waals surface area (Å²) in [4.78, 5) is 14.6. The van der Waals surface area contributed by atoms with Gasteiger partial charge in [0.1, 0.15) is 0 Å². The van der Waals surface area contributed by atoms with Crippen molar-refractivity contribution < 1.29 is 4.79 Å². The largest absolute Gasteiger partial charge is 0.354 e. The lowest BCUT2D eigenvalue weighted by atomic mass is 10.1. The molecule has 1 aromatic rings. The molecule has 0 radical (unpaired) electrons. The predicted octanol–water partition coefficient (Wildman–Crippen LogP) is 3.50. The number of nitrogens with one attached hydrogen (secondary N) is 1. The Morgan fingerprint density at radius 1 is 1.21 bits per heavy atom. The zero-order chi connectivity index (χ0) is 17.2. The Morgan fingerprint density at radius 2 is 1.96 bits per heavy atom. The lowest BCUT2D eigenvalue weighted by Gasteiger charge is -2.28. The quantitative estimate of drug-likeness (QED) is 0.634. The Morgan fingerprint density at radius 3 is 2.67 bits per heavy atom. The van der Waals surface area contributed by atoms with Gasteiger partial charge in [-0.3, -0.25) is 9.69 Å². The van der Waals surface area contributed by atoms with Crippen LogP contribution >= 0.6 is 11.6 Å². The first kappa shape index (κ1) is 19.2. The second-order valence-electron chi connectivity index (χ2n) is 6.57. The predicted molar refractivity (Wildman–Crippen MR) is 100 cm³/mol. The van der Waals surface area contributed by atoms with Crippen molar-refractivity contribution in [2.45, 2.75) is 51.0 Å². The van der Waals surface area contributed by atoms with Crippen molar-refractivity contribution in [3.63, 3.8) is 0 Å². The number of halogens is 1. The summed E-state index contributed by atoms with van der Waals surface area (Å²) in [5, 5.41) is 3.87. The minimum Gasteiger partial charge on any atom is -0.354 e. The van der Waals surface area contributed by atoms with Gasteiger partial charge >= 0.3 is 0 Å². The van der Waals surface area contributed by atoms with Gasteiger partial charge in [0.15, 0.2) is 0 Å². The first-order chi connectivity index (χ1) is 11.7. The molecule has 1 amide bonds. The second kappa shape index (κ2) is 10.7. The number of carbonyl (C=O) groups excluding carboxylic acids is 1. The van der Waals surface area contributed by atoms with Gasteiger partial charge in [-0.1, -0.05) is 36.6 Å². The lowest BCUT2D eigenvalue weighted by molar-refractivity contribution is -0.121. The van der Waals surface area contributed by atoms with Crippen molar-refractivity contribution in [3.05, 3.63) is 34.9 Å². The normalized spacial score (nSPS) is 16.2. The topological polar surface area (TPSA) is 58.4 Å². The van der Waals surface area contributed by atoms with E-state index in [0.717, 1.165) is 50.3 Å². The van der Waals surface area contributed by atoms with Crippen LogP contribution in [0.4, 0.5) is 0 Å². The van der Waals surface area contributed by atoms with Crippen LogP contribution < -0.4 is 11.1 Å². The van der Waals surface area contributed by atoms with Crippen LogP contribution in [-0.4, -0.2) is 37.0 Å². The van der Waals surface area contributed by atoms with Crippen LogP contribution in [0, 0.1) is 0 Å². The van der Waals surface area contributed by atoms with Crippen molar-refractivity contribution in [3.8, 4) is 0 Å². The molecule has 0 bridgehead atoms. The van der Waals surface area contributed by atoms with E-state index in [2.05, 4.69) is 16.3 Å². The number of benzene rings is 1. The molecule has 1 saturated heterocycles. The van der Waals surface area contributed by atoms with Gasteiger partial charge in [-0.05, 0) is 63.0 Å². The smallest absolute Gasteiger partial charge is 0.220 e. The van der Waals surface area contributed by atoms with E-state index in [0.29, 0.717) is 13.0 Å². The third-order valence-electron chi connectivity index (χ3n) is 4.67. The lowest BCUT2D eigenvalue weighted by Crippen LogP contribution is -2.36. The van der Waals surface area contributed by atoms with Crippen molar-refractivity contribution in [1.29, 1.82) is 0 Å². The highest BCUT2D eigenvalue weighted by Crippen LogP contribution is 2.26. The van der Waals surface area contributed by atoms with Crippen molar-refractivity contribution in [2.24, 2.45) is 5.73 Å². The fourth-order valence-corrected chi connectivity index (χ4v) is 3.51. The number of carbonyl (C=O) groups is 1. The Kier molecular flexibility index (Phi) is 8.57. The summed E-state index contributed by atoms with van der Waals surface area (Å²) >= 11 is 6.15. The maximum atomic E-state index is 12.1. The number of hydrogen-bond acceptors (Lipinski definition) is 3. The molecule has 1 aliphatic heterocycles. The summed E-state index contributed by atoms with van der Waals surface area (Å²) in [6.45, 7) is 3.57. The van der Waals surface area contributed by atoms with Gasteiger partial charge in [-0.15, -0.1) is 0 Å². The summed E-state index contributed by atoms with van der Waals surface area (Å²) in [7, 11) is 0.